The minimum absolute atomic E-state index is 0.0205. The van der Waals surface area contributed by atoms with E-state index in [-0.39, 0.29) is 22.4 Å². The summed E-state index contributed by atoms with van der Waals surface area (Å²) in [6, 6.07) is 0. The highest BCUT2D eigenvalue weighted by Gasteiger charge is 2.47. The first-order chi connectivity index (χ1) is 6.55. The van der Waals surface area contributed by atoms with Gasteiger partial charge in [0.2, 0.25) is 5.91 Å². The topological polar surface area (TPSA) is 29.5 Å². The molecule has 80 valence electrons. The average molecular weight is 262 g/mol. The molecule has 3 unspecified atom stereocenters. The van der Waals surface area contributed by atoms with E-state index < -0.39 is 0 Å². The number of alkyl halides is 1. The van der Waals surface area contributed by atoms with Crippen LogP contribution in [0.1, 0.15) is 26.7 Å². The second kappa shape index (κ2) is 3.49. The third-order valence-electron chi connectivity index (χ3n) is 3.61. The van der Waals surface area contributed by atoms with E-state index in [1.807, 2.05) is 4.90 Å². The largest absolute Gasteiger partial charge is 0.376 e. The van der Waals surface area contributed by atoms with Crippen molar-refractivity contribution in [2.45, 2.75) is 43.2 Å². The Balaban J connectivity index is 2.18. The van der Waals surface area contributed by atoms with Gasteiger partial charge < -0.3 is 9.64 Å². The van der Waals surface area contributed by atoms with Gasteiger partial charge in [-0.3, -0.25) is 4.79 Å². The van der Waals surface area contributed by atoms with E-state index in [2.05, 4.69) is 29.8 Å². The maximum absolute atomic E-state index is 11.9. The Labute approximate surface area is 92.9 Å². The lowest BCUT2D eigenvalue weighted by Gasteiger charge is -2.37. The predicted octanol–water partition coefficient (Wildman–Crippen LogP) is 1.55. The summed E-state index contributed by atoms with van der Waals surface area (Å²) in [7, 11) is 0. The molecule has 14 heavy (non-hydrogen) atoms. The fourth-order valence-electron chi connectivity index (χ4n) is 2.33. The third kappa shape index (κ3) is 1.39. The number of hydrogen-bond acceptors (Lipinski definition) is 2. The molecule has 0 saturated carbocycles. The Morgan fingerprint density at radius 2 is 2.36 bits per heavy atom. The molecule has 2 rings (SSSR count). The van der Waals surface area contributed by atoms with Crippen LogP contribution in [0.15, 0.2) is 0 Å². The van der Waals surface area contributed by atoms with Gasteiger partial charge in [0, 0.05) is 13.2 Å². The second-order valence-corrected chi connectivity index (χ2v) is 5.47. The highest BCUT2D eigenvalue weighted by molar-refractivity contribution is 9.10. The first-order valence-corrected chi connectivity index (χ1v) is 6.04. The number of halogens is 1. The van der Waals surface area contributed by atoms with E-state index in [0.29, 0.717) is 0 Å². The average Bonchev–Trinajstić information content (AvgIpc) is 2.62. The number of carbonyl (C=O) groups excluding carboxylic acids is 1. The molecule has 0 spiro atoms. The first kappa shape index (κ1) is 10.4. The molecule has 4 heteroatoms. The van der Waals surface area contributed by atoms with Gasteiger partial charge in [0.05, 0.1) is 16.5 Å². The summed E-state index contributed by atoms with van der Waals surface area (Å²) >= 11 is 3.40. The van der Waals surface area contributed by atoms with E-state index in [1.54, 1.807) is 0 Å². The molecule has 3 atom stereocenters. The minimum Gasteiger partial charge on any atom is -0.376 e. The van der Waals surface area contributed by atoms with Crippen molar-refractivity contribution in [1.82, 2.24) is 4.90 Å². The molecule has 0 radical (unpaired) electrons. The summed E-state index contributed by atoms with van der Waals surface area (Å²) in [5, 5.41) is 0. The van der Waals surface area contributed by atoms with Crippen LogP contribution < -0.4 is 0 Å². The van der Waals surface area contributed by atoms with Gasteiger partial charge in [0.25, 0.3) is 0 Å². The lowest BCUT2D eigenvalue weighted by molar-refractivity contribution is -0.134. The highest BCUT2D eigenvalue weighted by atomic mass is 79.9. The maximum Gasteiger partial charge on any atom is 0.236 e. The van der Waals surface area contributed by atoms with E-state index in [4.69, 9.17) is 4.74 Å². The molecule has 0 aromatic rings. The number of carbonyl (C=O) groups is 1. The Morgan fingerprint density at radius 3 is 2.79 bits per heavy atom. The molecule has 0 aromatic heterocycles. The number of hydrogen-bond donors (Lipinski definition) is 0. The van der Waals surface area contributed by atoms with Gasteiger partial charge in [-0.25, -0.2) is 0 Å². The Hall–Kier alpha value is -0.0900. The summed E-state index contributed by atoms with van der Waals surface area (Å²) in [5.41, 5.74) is -0.0837. The van der Waals surface area contributed by atoms with Crippen LogP contribution in [0.5, 0.6) is 0 Å². The van der Waals surface area contributed by atoms with Crippen molar-refractivity contribution >= 4 is 21.8 Å². The molecule has 0 bridgehead atoms. The van der Waals surface area contributed by atoms with Crippen molar-refractivity contribution in [3.8, 4) is 0 Å². The summed E-state index contributed by atoms with van der Waals surface area (Å²) < 4.78 is 5.56. The quantitative estimate of drug-likeness (QED) is 0.671. The fourth-order valence-corrected chi connectivity index (χ4v) is 2.78. The lowest BCUT2D eigenvalue weighted by Crippen LogP contribution is -2.52. The molecule has 2 aliphatic rings. The molecule has 2 aliphatic heterocycles. The van der Waals surface area contributed by atoms with E-state index in [1.165, 1.54) is 0 Å². The zero-order valence-electron chi connectivity index (χ0n) is 8.62. The van der Waals surface area contributed by atoms with Gasteiger partial charge in [-0.05, 0) is 26.7 Å². The summed E-state index contributed by atoms with van der Waals surface area (Å²) in [5.74, 6) is 0.227. The SMILES string of the molecule is CC1OCCC1(C)N1CCC(Br)C1=O. The van der Waals surface area contributed by atoms with Crippen LogP contribution in [0.3, 0.4) is 0 Å². The fraction of sp³-hybridized carbons (Fsp3) is 0.900. The van der Waals surface area contributed by atoms with E-state index >= 15 is 0 Å². The van der Waals surface area contributed by atoms with Crippen LogP contribution in [-0.2, 0) is 9.53 Å². The van der Waals surface area contributed by atoms with E-state index in [9.17, 15) is 4.79 Å². The molecular formula is C10H16BrNO2. The maximum atomic E-state index is 11.9. The monoisotopic (exact) mass is 261 g/mol. The van der Waals surface area contributed by atoms with Gasteiger partial charge in [-0.1, -0.05) is 15.9 Å². The van der Waals surface area contributed by atoms with Gasteiger partial charge in [0.1, 0.15) is 0 Å². The molecule has 2 fully saturated rings. The summed E-state index contributed by atoms with van der Waals surface area (Å²) in [4.78, 5) is 13.9. The number of nitrogens with zero attached hydrogens (tertiary/aromatic N) is 1. The van der Waals surface area contributed by atoms with Gasteiger partial charge >= 0.3 is 0 Å². The van der Waals surface area contributed by atoms with Crippen molar-refractivity contribution in [3.05, 3.63) is 0 Å². The Bertz CT molecular complexity index is 259. The number of amides is 1. The predicted molar refractivity (Wildman–Crippen MR) is 57.5 cm³/mol. The zero-order chi connectivity index (χ0) is 10.3. The minimum atomic E-state index is -0.0837. The standard InChI is InChI=1S/C10H16BrNO2/c1-7-10(2,4-6-14-7)12-5-3-8(11)9(12)13/h7-8H,3-6H2,1-2H3. The van der Waals surface area contributed by atoms with Gasteiger partial charge in [-0.15, -0.1) is 0 Å². The lowest BCUT2D eigenvalue weighted by atomic mass is 9.93. The molecular weight excluding hydrogens is 246 g/mol. The molecule has 0 N–H and O–H groups in total. The number of rotatable bonds is 1. The summed E-state index contributed by atoms with van der Waals surface area (Å²) in [6.45, 7) is 5.82. The second-order valence-electron chi connectivity index (χ2n) is 4.37. The molecule has 2 saturated heterocycles. The van der Waals surface area contributed by atoms with Gasteiger partial charge in [-0.2, -0.15) is 0 Å². The molecule has 2 heterocycles. The smallest absolute Gasteiger partial charge is 0.236 e. The van der Waals surface area contributed by atoms with Crippen molar-refractivity contribution in [1.29, 1.82) is 0 Å². The third-order valence-corrected chi connectivity index (χ3v) is 4.46. The van der Waals surface area contributed by atoms with Crippen LogP contribution in [0.4, 0.5) is 0 Å². The van der Waals surface area contributed by atoms with Crippen LogP contribution in [0.2, 0.25) is 0 Å². The van der Waals surface area contributed by atoms with Crippen molar-refractivity contribution in [3.63, 3.8) is 0 Å². The Morgan fingerprint density at radius 1 is 1.64 bits per heavy atom. The van der Waals surface area contributed by atoms with Crippen LogP contribution in [-0.4, -0.2) is 40.4 Å². The van der Waals surface area contributed by atoms with Crippen LogP contribution >= 0.6 is 15.9 Å². The molecule has 0 aromatic carbocycles. The normalized spacial score (nSPS) is 43.6. The highest BCUT2D eigenvalue weighted by Crippen LogP contribution is 2.36. The van der Waals surface area contributed by atoms with Crippen molar-refractivity contribution in [2.75, 3.05) is 13.2 Å². The molecule has 1 amide bonds. The number of likely N-dealkylation sites (tertiary alicyclic amines) is 1. The summed E-state index contributed by atoms with van der Waals surface area (Å²) in [6.07, 6.45) is 2.03. The Kier molecular flexibility index (Phi) is 2.60. The van der Waals surface area contributed by atoms with Crippen molar-refractivity contribution in [2.24, 2.45) is 0 Å². The van der Waals surface area contributed by atoms with Crippen molar-refractivity contribution < 1.29 is 9.53 Å². The van der Waals surface area contributed by atoms with E-state index in [0.717, 1.165) is 26.0 Å². The number of ether oxygens (including phenoxy) is 1. The molecule has 3 nitrogen and oxygen atoms in total. The zero-order valence-corrected chi connectivity index (χ0v) is 10.2. The van der Waals surface area contributed by atoms with Crippen LogP contribution in [0, 0.1) is 0 Å². The van der Waals surface area contributed by atoms with Gasteiger partial charge in [0.15, 0.2) is 0 Å². The first-order valence-electron chi connectivity index (χ1n) is 5.13. The molecule has 0 aliphatic carbocycles. The van der Waals surface area contributed by atoms with Crippen LogP contribution in [0.25, 0.3) is 0 Å².